The molecule has 2 aromatic rings. The van der Waals surface area contributed by atoms with Crippen molar-refractivity contribution >= 4 is 30.4 Å². The van der Waals surface area contributed by atoms with Crippen LogP contribution in [0, 0.1) is 11.7 Å². The standard InChI is InChI=1S/C17H18FNO2.C2H6.H2S/c18-13-5-6-16-15(10-13)14(7-8-19-16)12-3-1-11(2-4-12)9-17(20)21;1-2;/h5-8,10-12H,1-4,9H2,(H,20,21);1-2H3;1H2. The number of carboxylic acids is 1. The highest BCUT2D eigenvalue weighted by molar-refractivity contribution is 7.59. The third-order valence-electron chi connectivity index (χ3n) is 4.49. The summed E-state index contributed by atoms with van der Waals surface area (Å²) < 4.78 is 13.5. The number of aliphatic carboxylic acids is 1. The molecule has 0 spiro atoms. The third kappa shape index (κ3) is 4.94. The van der Waals surface area contributed by atoms with Crippen LogP contribution in [0.3, 0.4) is 0 Å². The normalized spacial score (nSPS) is 19.8. The summed E-state index contributed by atoms with van der Waals surface area (Å²) in [4.78, 5) is 15.1. The van der Waals surface area contributed by atoms with Gasteiger partial charge in [-0.1, -0.05) is 13.8 Å². The quantitative estimate of drug-likeness (QED) is 0.820. The van der Waals surface area contributed by atoms with Crippen LogP contribution in [0.2, 0.25) is 0 Å². The Morgan fingerprint density at radius 3 is 2.50 bits per heavy atom. The van der Waals surface area contributed by atoms with Crippen LogP contribution in [0.5, 0.6) is 0 Å². The fraction of sp³-hybridized carbons (Fsp3) is 0.474. The fourth-order valence-corrected chi connectivity index (χ4v) is 3.42. The number of halogens is 1. The molecule has 1 fully saturated rings. The van der Waals surface area contributed by atoms with E-state index in [2.05, 4.69) is 4.98 Å². The Kier molecular flexibility index (Phi) is 8.19. The topological polar surface area (TPSA) is 50.2 Å². The maximum absolute atomic E-state index is 13.5. The lowest BCUT2D eigenvalue weighted by Gasteiger charge is -2.28. The summed E-state index contributed by atoms with van der Waals surface area (Å²) in [5, 5.41) is 9.76. The molecular formula is C19H26FNO2S. The van der Waals surface area contributed by atoms with Gasteiger partial charge in [0, 0.05) is 18.0 Å². The molecule has 3 nitrogen and oxygen atoms in total. The lowest BCUT2D eigenvalue weighted by Crippen LogP contribution is -2.16. The van der Waals surface area contributed by atoms with Crippen LogP contribution in [0.25, 0.3) is 10.9 Å². The van der Waals surface area contributed by atoms with Gasteiger partial charge >= 0.3 is 5.97 Å². The summed E-state index contributed by atoms with van der Waals surface area (Å²) in [5.41, 5.74) is 1.97. The van der Waals surface area contributed by atoms with Crippen LogP contribution in [-0.4, -0.2) is 16.1 Å². The molecule has 132 valence electrons. The van der Waals surface area contributed by atoms with Gasteiger partial charge in [-0.05, 0) is 67.3 Å². The number of aromatic nitrogens is 1. The van der Waals surface area contributed by atoms with Crippen molar-refractivity contribution in [1.82, 2.24) is 4.98 Å². The van der Waals surface area contributed by atoms with Crippen LogP contribution >= 0.6 is 13.5 Å². The molecule has 0 unspecified atom stereocenters. The lowest BCUT2D eigenvalue weighted by molar-refractivity contribution is -0.138. The molecule has 24 heavy (non-hydrogen) atoms. The van der Waals surface area contributed by atoms with E-state index >= 15 is 0 Å². The molecule has 0 radical (unpaired) electrons. The number of pyridine rings is 1. The van der Waals surface area contributed by atoms with E-state index in [-0.39, 0.29) is 31.7 Å². The van der Waals surface area contributed by atoms with E-state index in [0.717, 1.165) is 42.1 Å². The summed E-state index contributed by atoms with van der Waals surface area (Å²) >= 11 is 0. The summed E-state index contributed by atoms with van der Waals surface area (Å²) in [5.74, 6) is -0.294. The van der Waals surface area contributed by atoms with Crippen molar-refractivity contribution in [3.8, 4) is 0 Å². The Morgan fingerprint density at radius 1 is 1.21 bits per heavy atom. The van der Waals surface area contributed by atoms with Crippen LogP contribution in [0.15, 0.2) is 30.5 Å². The first-order valence-electron chi connectivity index (χ1n) is 8.39. The highest BCUT2D eigenvalue weighted by Gasteiger charge is 2.25. The van der Waals surface area contributed by atoms with E-state index in [0.29, 0.717) is 5.92 Å². The molecule has 0 aliphatic heterocycles. The van der Waals surface area contributed by atoms with E-state index in [1.54, 1.807) is 18.3 Å². The first-order valence-corrected chi connectivity index (χ1v) is 8.39. The minimum atomic E-state index is -0.713. The van der Waals surface area contributed by atoms with Crippen molar-refractivity contribution < 1.29 is 14.3 Å². The summed E-state index contributed by atoms with van der Waals surface area (Å²) in [7, 11) is 0. The molecule has 1 aliphatic carbocycles. The van der Waals surface area contributed by atoms with E-state index < -0.39 is 5.97 Å². The van der Waals surface area contributed by atoms with Gasteiger partial charge in [0.2, 0.25) is 0 Å². The van der Waals surface area contributed by atoms with Crippen LogP contribution in [0.1, 0.15) is 57.4 Å². The van der Waals surface area contributed by atoms with E-state index in [4.69, 9.17) is 5.11 Å². The maximum Gasteiger partial charge on any atom is 0.303 e. The van der Waals surface area contributed by atoms with Gasteiger partial charge in [-0.15, -0.1) is 0 Å². The molecule has 0 atom stereocenters. The number of nitrogens with zero attached hydrogens (tertiary/aromatic N) is 1. The van der Waals surface area contributed by atoms with Gasteiger partial charge in [0.25, 0.3) is 0 Å². The van der Waals surface area contributed by atoms with Crippen molar-refractivity contribution in [3.05, 3.63) is 41.8 Å². The van der Waals surface area contributed by atoms with Gasteiger partial charge in [0.05, 0.1) is 5.52 Å². The smallest absolute Gasteiger partial charge is 0.303 e. The predicted molar refractivity (Wildman–Crippen MR) is 100 cm³/mol. The first kappa shape index (κ1) is 20.4. The minimum absolute atomic E-state index is 0. The number of hydrogen-bond donors (Lipinski definition) is 1. The predicted octanol–water partition coefficient (Wildman–Crippen LogP) is 5.26. The van der Waals surface area contributed by atoms with Crippen molar-refractivity contribution in [2.75, 3.05) is 0 Å². The van der Waals surface area contributed by atoms with Gasteiger partial charge < -0.3 is 5.11 Å². The maximum atomic E-state index is 13.5. The second kappa shape index (κ2) is 9.62. The SMILES string of the molecule is CC.O=C(O)CC1CCC(c2ccnc3ccc(F)cc23)CC1.S. The Labute approximate surface area is 149 Å². The average molecular weight is 351 g/mol. The second-order valence-electron chi connectivity index (χ2n) is 5.88. The first-order chi connectivity index (χ1) is 11.1. The molecule has 1 heterocycles. The molecule has 1 aliphatic rings. The Balaban J connectivity index is 0.000000925. The molecule has 1 aromatic heterocycles. The fourth-order valence-electron chi connectivity index (χ4n) is 3.42. The summed E-state index contributed by atoms with van der Waals surface area (Å²) in [6, 6.07) is 6.68. The van der Waals surface area contributed by atoms with Crippen molar-refractivity contribution in [3.63, 3.8) is 0 Å². The molecule has 5 heteroatoms. The van der Waals surface area contributed by atoms with E-state index in [1.807, 2.05) is 19.9 Å². The number of benzene rings is 1. The molecule has 0 amide bonds. The number of carbonyl (C=O) groups is 1. The van der Waals surface area contributed by atoms with Crippen molar-refractivity contribution in [2.45, 2.75) is 51.9 Å². The highest BCUT2D eigenvalue weighted by atomic mass is 32.1. The minimum Gasteiger partial charge on any atom is -0.481 e. The highest BCUT2D eigenvalue weighted by Crippen LogP contribution is 2.39. The van der Waals surface area contributed by atoms with Crippen molar-refractivity contribution in [2.24, 2.45) is 5.92 Å². The Morgan fingerprint density at radius 2 is 1.88 bits per heavy atom. The largest absolute Gasteiger partial charge is 0.481 e. The van der Waals surface area contributed by atoms with Gasteiger partial charge in [0.1, 0.15) is 5.82 Å². The lowest BCUT2D eigenvalue weighted by atomic mass is 9.77. The molecule has 3 rings (SSSR count). The zero-order valence-electron chi connectivity index (χ0n) is 14.3. The van der Waals surface area contributed by atoms with Gasteiger partial charge in [-0.2, -0.15) is 13.5 Å². The molecule has 1 N–H and O–H groups in total. The monoisotopic (exact) mass is 351 g/mol. The van der Waals surface area contributed by atoms with Crippen LogP contribution in [0.4, 0.5) is 4.39 Å². The average Bonchev–Trinajstić information content (AvgIpc) is 2.56. The summed E-state index contributed by atoms with van der Waals surface area (Å²) in [6.45, 7) is 4.00. The van der Waals surface area contributed by atoms with E-state index in [9.17, 15) is 9.18 Å². The Hall–Kier alpha value is -1.62. The third-order valence-corrected chi connectivity index (χ3v) is 4.49. The second-order valence-corrected chi connectivity index (χ2v) is 5.88. The van der Waals surface area contributed by atoms with Crippen molar-refractivity contribution in [1.29, 1.82) is 0 Å². The van der Waals surface area contributed by atoms with Crippen LogP contribution in [-0.2, 0) is 4.79 Å². The summed E-state index contributed by atoms with van der Waals surface area (Å²) in [6.07, 6.45) is 5.82. The van der Waals surface area contributed by atoms with Gasteiger partial charge in [0.15, 0.2) is 0 Å². The molecule has 0 saturated heterocycles. The molecule has 0 bridgehead atoms. The number of hydrogen-bond acceptors (Lipinski definition) is 2. The van der Waals surface area contributed by atoms with E-state index in [1.165, 1.54) is 6.07 Å². The number of fused-ring (bicyclic) bond motifs is 1. The van der Waals surface area contributed by atoms with Gasteiger partial charge in [-0.3, -0.25) is 9.78 Å². The number of carboxylic acid groups (broad SMARTS) is 1. The number of rotatable bonds is 3. The Bertz CT molecular complexity index is 669. The molecule has 1 saturated carbocycles. The molecular weight excluding hydrogens is 325 g/mol. The van der Waals surface area contributed by atoms with Gasteiger partial charge in [-0.25, -0.2) is 4.39 Å². The van der Waals surface area contributed by atoms with Crippen LogP contribution < -0.4 is 0 Å². The zero-order chi connectivity index (χ0) is 16.8. The molecule has 1 aromatic carbocycles. The zero-order valence-corrected chi connectivity index (χ0v) is 15.3.